The minimum Gasteiger partial charge on any atom is -0.330 e. The smallest absolute Gasteiger partial charge is 0.108 e. The molecule has 1 aliphatic carbocycles. The number of hydrogen-bond acceptors (Lipinski definition) is 2. The number of aromatic nitrogens is 2. The van der Waals surface area contributed by atoms with Crippen molar-refractivity contribution in [3.8, 4) is 0 Å². The lowest BCUT2D eigenvalue weighted by atomic mass is 9.83. The van der Waals surface area contributed by atoms with E-state index in [0.717, 1.165) is 18.9 Å². The monoisotopic (exact) mass is 235 g/mol. The second kappa shape index (κ2) is 5.67. The number of rotatable bonds is 4. The van der Waals surface area contributed by atoms with Gasteiger partial charge in [0.15, 0.2) is 0 Å². The van der Waals surface area contributed by atoms with Gasteiger partial charge in [0.1, 0.15) is 5.82 Å². The molecule has 0 spiro atoms. The highest BCUT2D eigenvalue weighted by Crippen LogP contribution is 2.33. The van der Waals surface area contributed by atoms with Crippen molar-refractivity contribution in [3.63, 3.8) is 0 Å². The molecule has 0 amide bonds. The van der Waals surface area contributed by atoms with Gasteiger partial charge in [0.05, 0.1) is 6.04 Å². The van der Waals surface area contributed by atoms with E-state index in [1.54, 1.807) is 0 Å². The van der Waals surface area contributed by atoms with Crippen LogP contribution in [0.3, 0.4) is 0 Å². The first-order valence-electron chi connectivity index (χ1n) is 7.01. The molecule has 3 nitrogen and oxygen atoms in total. The van der Waals surface area contributed by atoms with Gasteiger partial charge in [0.25, 0.3) is 0 Å². The van der Waals surface area contributed by atoms with Crippen molar-refractivity contribution in [1.82, 2.24) is 14.9 Å². The molecule has 1 aromatic rings. The summed E-state index contributed by atoms with van der Waals surface area (Å²) in [6.07, 6.45) is 9.05. The maximum absolute atomic E-state index is 4.46. The zero-order valence-corrected chi connectivity index (χ0v) is 11.3. The van der Waals surface area contributed by atoms with Crippen LogP contribution in [0.5, 0.6) is 0 Å². The molecule has 3 unspecified atom stereocenters. The van der Waals surface area contributed by atoms with E-state index in [1.807, 2.05) is 6.20 Å². The van der Waals surface area contributed by atoms with Crippen molar-refractivity contribution >= 4 is 0 Å². The lowest BCUT2D eigenvalue weighted by Crippen LogP contribution is -2.41. The third-order valence-electron chi connectivity index (χ3n) is 3.97. The van der Waals surface area contributed by atoms with Gasteiger partial charge in [0, 0.05) is 24.9 Å². The largest absolute Gasteiger partial charge is 0.330 e. The summed E-state index contributed by atoms with van der Waals surface area (Å²) in [6.45, 7) is 7.82. The van der Waals surface area contributed by atoms with E-state index in [4.69, 9.17) is 0 Å². The summed E-state index contributed by atoms with van der Waals surface area (Å²) in [4.78, 5) is 4.46. The molecule has 2 rings (SSSR count). The van der Waals surface area contributed by atoms with Crippen LogP contribution >= 0.6 is 0 Å². The maximum Gasteiger partial charge on any atom is 0.108 e. The SMILES string of the molecule is CCNC1CCC(C)CC1n1ccnc1CC. The lowest BCUT2D eigenvalue weighted by molar-refractivity contribution is 0.214. The number of nitrogens with zero attached hydrogens (tertiary/aromatic N) is 2. The Labute approximate surface area is 105 Å². The van der Waals surface area contributed by atoms with Crippen molar-refractivity contribution in [1.29, 1.82) is 0 Å². The third kappa shape index (κ3) is 2.71. The lowest BCUT2D eigenvalue weighted by Gasteiger charge is -2.37. The van der Waals surface area contributed by atoms with Gasteiger partial charge in [-0.2, -0.15) is 0 Å². The number of imidazole rings is 1. The zero-order chi connectivity index (χ0) is 12.3. The summed E-state index contributed by atoms with van der Waals surface area (Å²) in [5, 5.41) is 3.65. The molecule has 1 fully saturated rings. The Bertz CT molecular complexity index is 345. The molecule has 1 aliphatic rings. The fourth-order valence-corrected chi connectivity index (χ4v) is 3.08. The molecular weight excluding hydrogens is 210 g/mol. The first-order chi connectivity index (χ1) is 8.26. The predicted molar refractivity (Wildman–Crippen MR) is 71.1 cm³/mol. The maximum atomic E-state index is 4.46. The fraction of sp³-hybridized carbons (Fsp3) is 0.786. The van der Waals surface area contributed by atoms with E-state index < -0.39 is 0 Å². The Morgan fingerprint density at radius 2 is 2.24 bits per heavy atom. The van der Waals surface area contributed by atoms with Crippen LogP contribution in [0.4, 0.5) is 0 Å². The van der Waals surface area contributed by atoms with Crippen LogP contribution in [-0.2, 0) is 6.42 Å². The van der Waals surface area contributed by atoms with Crippen molar-refractivity contribution in [2.45, 2.75) is 58.5 Å². The van der Waals surface area contributed by atoms with Gasteiger partial charge in [0.2, 0.25) is 0 Å². The molecule has 17 heavy (non-hydrogen) atoms. The predicted octanol–water partition coefficient (Wildman–Crippen LogP) is 2.78. The first kappa shape index (κ1) is 12.6. The van der Waals surface area contributed by atoms with Gasteiger partial charge in [-0.25, -0.2) is 4.98 Å². The van der Waals surface area contributed by atoms with E-state index in [2.05, 4.69) is 41.8 Å². The molecule has 1 heterocycles. The summed E-state index contributed by atoms with van der Waals surface area (Å²) in [5.74, 6) is 2.06. The molecule has 0 saturated heterocycles. The van der Waals surface area contributed by atoms with E-state index in [9.17, 15) is 0 Å². The van der Waals surface area contributed by atoms with E-state index in [1.165, 1.54) is 25.1 Å². The van der Waals surface area contributed by atoms with E-state index in [-0.39, 0.29) is 0 Å². The highest BCUT2D eigenvalue weighted by atomic mass is 15.1. The van der Waals surface area contributed by atoms with Crippen molar-refractivity contribution in [2.24, 2.45) is 5.92 Å². The Morgan fingerprint density at radius 1 is 1.41 bits per heavy atom. The van der Waals surface area contributed by atoms with Crippen molar-refractivity contribution in [3.05, 3.63) is 18.2 Å². The Hall–Kier alpha value is -0.830. The number of hydrogen-bond donors (Lipinski definition) is 1. The van der Waals surface area contributed by atoms with Gasteiger partial charge in [-0.05, 0) is 31.7 Å². The van der Waals surface area contributed by atoms with E-state index in [0.29, 0.717) is 12.1 Å². The number of likely N-dealkylation sites (N-methyl/N-ethyl adjacent to an activating group) is 1. The van der Waals surface area contributed by atoms with Crippen LogP contribution in [0.1, 0.15) is 51.9 Å². The molecule has 0 aliphatic heterocycles. The number of nitrogens with one attached hydrogen (secondary N) is 1. The molecule has 3 atom stereocenters. The summed E-state index contributed by atoms with van der Waals surface area (Å²) >= 11 is 0. The van der Waals surface area contributed by atoms with Crippen LogP contribution in [0.25, 0.3) is 0 Å². The highest BCUT2D eigenvalue weighted by molar-refractivity contribution is 4.99. The molecule has 0 bridgehead atoms. The molecule has 3 heteroatoms. The van der Waals surface area contributed by atoms with E-state index >= 15 is 0 Å². The molecule has 1 saturated carbocycles. The second-order valence-corrected chi connectivity index (χ2v) is 5.25. The van der Waals surface area contributed by atoms with Gasteiger partial charge < -0.3 is 9.88 Å². The van der Waals surface area contributed by atoms with Gasteiger partial charge in [-0.3, -0.25) is 0 Å². The fourth-order valence-electron chi connectivity index (χ4n) is 3.08. The summed E-state index contributed by atoms with van der Waals surface area (Å²) in [7, 11) is 0. The topological polar surface area (TPSA) is 29.9 Å². The van der Waals surface area contributed by atoms with Crippen LogP contribution in [-0.4, -0.2) is 22.1 Å². The average molecular weight is 235 g/mol. The Balaban J connectivity index is 2.19. The zero-order valence-electron chi connectivity index (χ0n) is 11.3. The van der Waals surface area contributed by atoms with Crippen LogP contribution in [0, 0.1) is 5.92 Å². The average Bonchev–Trinajstić information content (AvgIpc) is 2.79. The molecule has 96 valence electrons. The molecule has 1 N–H and O–H groups in total. The van der Waals surface area contributed by atoms with Crippen molar-refractivity contribution in [2.75, 3.05) is 6.54 Å². The molecule has 1 aromatic heterocycles. The number of aryl methyl sites for hydroxylation is 1. The van der Waals surface area contributed by atoms with Gasteiger partial charge in [-0.15, -0.1) is 0 Å². The molecule has 0 radical (unpaired) electrons. The molecule has 0 aromatic carbocycles. The normalized spacial score (nSPS) is 29.5. The second-order valence-electron chi connectivity index (χ2n) is 5.25. The van der Waals surface area contributed by atoms with Crippen LogP contribution < -0.4 is 5.32 Å². The summed E-state index contributed by atoms with van der Waals surface area (Å²) in [6, 6.07) is 1.21. The third-order valence-corrected chi connectivity index (χ3v) is 3.97. The highest BCUT2D eigenvalue weighted by Gasteiger charge is 2.29. The minimum absolute atomic E-state index is 0.594. The van der Waals surface area contributed by atoms with Crippen LogP contribution in [0.2, 0.25) is 0 Å². The Morgan fingerprint density at radius 3 is 2.94 bits per heavy atom. The van der Waals surface area contributed by atoms with Crippen molar-refractivity contribution < 1.29 is 0 Å². The van der Waals surface area contributed by atoms with Gasteiger partial charge >= 0.3 is 0 Å². The summed E-state index contributed by atoms with van der Waals surface area (Å²) < 4.78 is 2.41. The van der Waals surface area contributed by atoms with Gasteiger partial charge in [-0.1, -0.05) is 20.8 Å². The first-order valence-corrected chi connectivity index (χ1v) is 7.01. The van der Waals surface area contributed by atoms with Crippen LogP contribution in [0.15, 0.2) is 12.4 Å². The molecular formula is C14H25N3. The quantitative estimate of drug-likeness (QED) is 0.869. The Kier molecular flexibility index (Phi) is 4.21. The minimum atomic E-state index is 0.594. The summed E-state index contributed by atoms with van der Waals surface area (Å²) in [5.41, 5.74) is 0. The standard InChI is InChI=1S/C14H25N3/c1-4-14-16-8-9-17(14)13-10-11(3)6-7-12(13)15-5-2/h8-9,11-13,15H,4-7,10H2,1-3H3.